The Hall–Kier alpha value is -1.90. The van der Waals surface area contributed by atoms with E-state index in [0.29, 0.717) is 0 Å². The molecule has 1 heterocycles. The second-order valence-electron chi connectivity index (χ2n) is 3.34. The first-order chi connectivity index (χ1) is 7.08. The zero-order valence-electron chi connectivity index (χ0n) is 8.78. The van der Waals surface area contributed by atoms with Gasteiger partial charge in [-0.1, -0.05) is 35.4 Å². The maximum atomic E-state index is 10.0. The molecule has 0 bridgehead atoms. The molecule has 0 saturated carbocycles. The third kappa shape index (κ3) is 4.22. The molecule has 0 aromatic heterocycles. The standard InChI is InChI=1S/C8H10.C4H3NO2/c1-7-4-3-5-8(2)6-7;6-3-1-2-4(7)5-3/h3-6H,1-2H3;1-2H,(H,5,6,7). The Morgan fingerprint density at radius 3 is 1.60 bits per heavy atom. The van der Waals surface area contributed by atoms with Crippen molar-refractivity contribution in [1.82, 2.24) is 5.32 Å². The number of hydrogen-bond donors (Lipinski definition) is 1. The Labute approximate surface area is 88.8 Å². The highest BCUT2D eigenvalue weighted by molar-refractivity contribution is 6.12. The fourth-order valence-corrected chi connectivity index (χ4v) is 1.16. The number of benzene rings is 1. The second-order valence-corrected chi connectivity index (χ2v) is 3.34. The summed E-state index contributed by atoms with van der Waals surface area (Å²) in [6, 6.07) is 8.45. The Bertz CT molecular complexity index is 375. The summed E-state index contributed by atoms with van der Waals surface area (Å²) in [5.41, 5.74) is 2.68. The van der Waals surface area contributed by atoms with E-state index in [1.54, 1.807) is 0 Å². The molecule has 1 aliphatic heterocycles. The molecule has 2 amide bonds. The van der Waals surface area contributed by atoms with Gasteiger partial charge < -0.3 is 0 Å². The Morgan fingerprint density at radius 1 is 0.933 bits per heavy atom. The van der Waals surface area contributed by atoms with Crippen molar-refractivity contribution >= 4 is 11.8 Å². The van der Waals surface area contributed by atoms with Crippen LogP contribution in [0.4, 0.5) is 0 Å². The van der Waals surface area contributed by atoms with Crippen molar-refractivity contribution in [2.45, 2.75) is 13.8 Å². The fourth-order valence-electron chi connectivity index (χ4n) is 1.16. The summed E-state index contributed by atoms with van der Waals surface area (Å²) >= 11 is 0. The van der Waals surface area contributed by atoms with Gasteiger partial charge in [0.15, 0.2) is 0 Å². The lowest BCUT2D eigenvalue weighted by Crippen LogP contribution is -2.19. The average Bonchev–Trinajstić information content (AvgIpc) is 2.50. The van der Waals surface area contributed by atoms with Crippen LogP contribution in [0.3, 0.4) is 0 Å². The predicted octanol–water partition coefficient (Wildman–Crippen LogP) is 1.50. The molecule has 1 aliphatic rings. The highest BCUT2D eigenvalue weighted by atomic mass is 16.2. The Kier molecular flexibility index (Phi) is 3.80. The predicted molar refractivity (Wildman–Crippen MR) is 58.2 cm³/mol. The highest BCUT2D eigenvalue weighted by Crippen LogP contribution is 2.00. The van der Waals surface area contributed by atoms with Gasteiger partial charge in [0.2, 0.25) is 0 Å². The van der Waals surface area contributed by atoms with Crippen LogP contribution in [0.2, 0.25) is 0 Å². The Balaban J connectivity index is 0.000000151. The average molecular weight is 203 g/mol. The fraction of sp³-hybridized carbons (Fsp3) is 0.167. The molecule has 1 aromatic rings. The number of aryl methyl sites for hydroxylation is 2. The van der Waals surface area contributed by atoms with E-state index in [1.807, 2.05) is 5.32 Å². The van der Waals surface area contributed by atoms with Crippen LogP contribution in [0.15, 0.2) is 36.4 Å². The van der Waals surface area contributed by atoms with E-state index in [0.717, 1.165) is 0 Å². The van der Waals surface area contributed by atoms with Gasteiger partial charge in [-0.15, -0.1) is 0 Å². The van der Waals surface area contributed by atoms with E-state index in [9.17, 15) is 9.59 Å². The van der Waals surface area contributed by atoms with E-state index >= 15 is 0 Å². The van der Waals surface area contributed by atoms with Crippen molar-refractivity contribution in [3.63, 3.8) is 0 Å². The molecule has 0 fully saturated rings. The van der Waals surface area contributed by atoms with Gasteiger partial charge >= 0.3 is 0 Å². The van der Waals surface area contributed by atoms with Gasteiger partial charge in [-0.2, -0.15) is 0 Å². The van der Waals surface area contributed by atoms with Crippen LogP contribution >= 0.6 is 0 Å². The number of amides is 2. The molecule has 1 aromatic carbocycles. The molecular formula is C12H13NO2. The zero-order valence-corrected chi connectivity index (χ0v) is 8.78. The molecule has 2 rings (SSSR count). The van der Waals surface area contributed by atoms with Crippen molar-refractivity contribution < 1.29 is 9.59 Å². The lowest BCUT2D eigenvalue weighted by atomic mass is 10.2. The van der Waals surface area contributed by atoms with Crippen molar-refractivity contribution in [2.24, 2.45) is 0 Å². The first-order valence-corrected chi connectivity index (χ1v) is 4.64. The van der Waals surface area contributed by atoms with Gasteiger partial charge in [-0.25, -0.2) is 0 Å². The first-order valence-electron chi connectivity index (χ1n) is 4.64. The summed E-state index contributed by atoms with van der Waals surface area (Å²) < 4.78 is 0. The number of imide groups is 1. The number of hydrogen-bond acceptors (Lipinski definition) is 2. The summed E-state index contributed by atoms with van der Waals surface area (Å²) in [6.45, 7) is 4.21. The van der Waals surface area contributed by atoms with Gasteiger partial charge in [-0.3, -0.25) is 14.9 Å². The smallest absolute Gasteiger partial charge is 0.250 e. The maximum absolute atomic E-state index is 10.0. The SMILES string of the molecule is Cc1cccc(C)c1.O=C1C=CC(=O)N1. The number of carbonyl (C=O) groups is 2. The first kappa shape index (κ1) is 11.2. The largest absolute Gasteiger partial charge is 0.289 e. The van der Waals surface area contributed by atoms with Crippen LogP contribution in [-0.2, 0) is 9.59 Å². The summed E-state index contributed by atoms with van der Waals surface area (Å²) in [6.07, 6.45) is 2.39. The molecule has 0 radical (unpaired) electrons. The van der Waals surface area contributed by atoms with Gasteiger partial charge in [0.1, 0.15) is 0 Å². The molecule has 1 N–H and O–H groups in total. The lowest BCUT2D eigenvalue weighted by molar-refractivity contribution is -0.123. The van der Waals surface area contributed by atoms with Crippen LogP contribution in [0.1, 0.15) is 11.1 Å². The molecule has 78 valence electrons. The van der Waals surface area contributed by atoms with Crippen molar-refractivity contribution in [1.29, 1.82) is 0 Å². The van der Waals surface area contributed by atoms with Gasteiger partial charge in [0, 0.05) is 12.2 Å². The molecule has 0 spiro atoms. The van der Waals surface area contributed by atoms with Crippen molar-refractivity contribution in [3.05, 3.63) is 47.5 Å². The monoisotopic (exact) mass is 203 g/mol. The zero-order chi connectivity index (χ0) is 11.3. The van der Waals surface area contributed by atoms with Gasteiger partial charge in [0.05, 0.1) is 0 Å². The van der Waals surface area contributed by atoms with Crippen LogP contribution < -0.4 is 5.32 Å². The van der Waals surface area contributed by atoms with Crippen molar-refractivity contribution in [2.75, 3.05) is 0 Å². The highest BCUT2D eigenvalue weighted by Gasteiger charge is 2.06. The minimum absolute atomic E-state index is 0.329. The van der Waals surface area contributed by atoms with Gasteiger partial charge in [-0.05, 0) is 13.8 Å². The maximum Gasteiger partial charge on any atom is 0.250 e. The Morgan fingerprint density at radius 2 is 1.40 bits per heavy atom. The number of nitrogens with one attached hydrogen (secondary N) is 1. The quantitative estimate of drug-likeness (QED) is 0.649. The van der Waals surface area contributed by atoms with Crippen LogP contribution in [0.25, 0.3) is 0 Å². The molecule has 15 heavy (non-hydrogen) atoms. The topological polar surface area (TPSA) is 46.2 Å². The van der Waals surface area contributed by atoms with Crippen molar-refractivity contribution in [3.8, 4) is 0 Å². The molecule has 0 aliphatic carbocycles. The van der Waals surface area contributed by atoms with Crippen LogP contribution in [0.5, 0.6) is 0 Å². The molecule has 3 heteroatoms. The van der Waals surface area contributed by atoms with E-state index in [1.165, 1.54) is 23.3 Å². The molecule has 3 nitrogen and oxygen atoms in total. The molecule has 0 unspecified atom stereocenters. The van der Waals surface area contributed by atoms with Crippen LogP contribution in [-0.4, -0.2) is 11.8 Å². The minimum atomic E-state index is -0.329. The normalized spacial score (nSPS) is 13.2. The molecular weight excluding hydrogens is 190 g/mol. The van der Waals surface area contributed by atoms with E-state index < -0.39 is 0 Å². The summed E-state index contributed by atoms with van der Waals surface area (Å²) in [5, 5.41) is 2.03. The third-order valence-corrected chi connectivity index (χ3v) is 1.81. The van der Waals surface area contributed by atoms with Crippen LogP contribution in [0, 0.1) is 13.8 Å². The summed E-state index contributed by atoms with van der Waals surface area (Å²) in [7, 11) is 0. The number of rotatable bonds is 0. The molecule has 0 saturated heterocycles. The molecule has 0 atom stereocenters. The van der Waals surface area contributed by atoms with E-state index in [2.05, 4.69) is 38.1 Å². The summed E-state index contributed by atoms with van der Waals surface area (Å²) in [5.74, 6) is -0.657. The van der Waals surface area contributed by atoms with Gasteiger partial charge in [0.25, 0.3) is 11.8 Å². The van der Waals surface area contributed by atoms with E-state index in [-0.39, 0.29) is 11.8 Å². The second kappa shape index (κ2) is 5.10. The van der Waals surface area contributed by atoms with E-state index in [4.69, 9.17) is 0 Å². The summed E-state index contributed by atoms with van der Waals surface area (Å²) in [4.78, 5) is 20.1. The third-order valence-electron chi connectivity index (χ3n) is 1.81. The number of carbonyl (C=O) groups excluding carboxylic acids is 2. The minimum Gasteiger partial charge on any atom is -0.289 e. The lowest BCUT2D eigenvalue weighted by Gasteiger charge is -1.90.